The Balaban J connectivity index is 1.42. The van der Waals surface area contributed by atoms with E-state index in [1.54, 1.807) is 6.07 Å². The van der Waals surface area contributed by atoms with Crippen LogP contribution in [0, 0.1) is 0 Å². The van der Waals surface area contributed by atoms with Crippen LogP contribution in [-0.2, 0) is 14.2 Å². The predicted molar refractivity (Wildman–Crippen MR) is 113 cm³/mol. The maximum atomic E-state index is 13.5. The number of Topliss-reactive ketones (excluding diaryl/α,β-unsaturated/α-hetero) is 1. The Kier molecular flexibility index (Phi) is 6.20. The van der Waals surface area contributed by atoms with Gasteiger partial charge in [0.25, 0.3) is 0 Å². The molecule has 2 aromatic carbocycles. The Morgan fingerprint density at radius 1 is 0.839 bits per heavy atom. The standard InChI is InChI=1S/C25H28O6/c26-24-19-10-1-2-11-20(19)30-25(31-22-13-4-6-15-28-22)23(24)17-8-7-9-18(16-17)29-21-12-3-5-14-27-21/h1-2,7-11,16,21-23,25H,3-6,12-15H2. The molecule has 31 heavy (non-hydrogen) atoms. The Morgan fingerprint density at radius 3 is 2.39 bits per heavy atom. The number of hydrogen-bond donors (Lipinski definition) is 0. The summed E-state index contributed by atoms with van der Waals surface area (Å²) in [5.74, 6) is 0.612. The van der Waals surface area contributed by atoms with Crippen LogP contribution in [0.2, 0.25) is 0 Å². The van der Waals surface area contributed by atoms with Gasteiger partial charge in [0.15, 0.2) is 18.4 Å². The molecule has 0 spiro atoms. The summed E-state index contributed by atoms with van der Waals surface area (Å²) in [6.45, 7) is 1.38. The zero-order chi connectivity index (χ0) is 21.0. The first kappa shape index (κ1) is 20.5. The summed E-state index contributed by atoms with van der Waals surface area (Å²) in [6.07, 6.45) is 4.52. The second-order valence-electron chi connectivity index (χ2n) is 8.24. The average molecular weight is 424 g/mol. The molecule has 0 radical (unpaired) electrons. The van der Waals surface area contributed by atoms with Gasteiger partial charge < -0.3 is 23.7 Å². The van der Waals surface area contributed by atoms with E-state index in [0.29, 0.717) is 30.3 Å². The van der Waals surface area contributed by atoms with Crippen LogP contribution in [0.25, 0.3) is 0 Å². The highest BCUT2D eigenvalue weighted by atomic mass is 16.8. The highest BCUT2D eigenvalue weighted by Crippen LogP contribution is 2.39. The fourth-order valence-electron chi connectivity index (χ4n) is 4.38. The maximum absolute atomic E-state index is 13.5. The number of carbonyl (C=O) groups is 1. The van der Waals surface area contributed by atoms with Gasteiger partial charge in [-0.1, -0.05) is 24.3 Å². The van der Waals surface area contributed by atoms with E-state index < -0.39 is 12.2 Å². The number of fused-ring (bicyclic) bond motifs is 1. The first-order valence-corrected chi connectivity index (χ1v) is 11.2. The molecule has 0 bridgehead atoms. The van der Waals surface area contributed by atoms with Gasteiger partial charge in [0.1, 0.15) is 17.4 Å². The van der Waals surface area contributed by atoms with Crippen LogP contribution in [0.3, 0.4) is 0 Å². The van der Waals surface area contributed by atoms with Crippen molar-refractivity contribution >= 4 is 5.78 Å². The number of carbonyl (C=O) groups excluding carboxylic acids is 1. The molecule has 0 aromatic heterocycles. The molecule has 3 aliphatic heterocycles. The molecule has 4 unspecified atom stereocenters. The Morgan fingerprint density at radius 2 is 1.61 bits per heavy atom. The van der Waals surface area contributed by atoms with Gasteiger partial charge in [-0.3, -0.25) is 4.79 Å². The van der Waals surface area contributed by atoms with Crippen molar-refractivity contribution in [3.05, 3.63) is 59.7 Å². The minimum atomic E-state index is -0.758. The molecular weight excluding hydrogens is 396 g/mol. The first-order chi connectivity index (χ1) is 15.3. The summed E-state index contributed by atoms with van der Waals surface area (Å²) in [4.78, 5) is 13.5. The number of benzene rings is 2. The van der Waals surface area contributed by atoms with Gasteiger partial charge in [-0.2, -0.15) is 0 Å². The Bertz CT molecular complexity index is 900. The van der Waals surface area contributed by atoms with Crippen LogP contribution in [0.4, 0.5) is 0 Å². The van der Waals surface area contributed by atoms with Crippen molar-refractivity contribution in [2.75, 3.05) is 13.2 Å². The lowest BCUT2D eigenvalue weighted by atomic mass is 9.87. The maximum Gasteiger partial charge on any atom is 0.216 e. The van der Waals surface area contributed by atoms with Crippen molar-refractivity contribution in [3.8, 4) is 11.5 Å². The second-order valence-corrected chi connectivity index (χ2v) is 8.24. The molecule has 0 N–H and O–H groups in total. The fraction of sp³-hybridized carbons (Fsp3) is 0.480. The lowest BCUT2D eigenvalue weighted by molar-refractivity contribution is -0.235. The average Bonchev–Trinajstić information content (AvgIpc) is 2.81. The van der Waals surface area contributed by atoms with E-state index in [4.69, 9.17) is 23.7 Å². The Hall–Kier alpha value is -2.41. The van der Waals surface area contributed by atoms with E-state index in [-0.39, 0.29) is 18.4 Å². The normalized spacial score (nSPS) is 28.5. The van der Waals surface area contributed by atoms with E-state index >= 15 is 0 Å². The van der Waals surface area contributed by atoms with Crippen LogP contribution in [0.15, 0.2) is 48.5 Å². The lowest BCUT2D eigenvalue weighted by Gasteiger charge is -2.35. The SMILES string of the molecule is O=C1c2ccccc2OC(OC2CCCCO2)C1c1cccc(OC2CCCCO2)c1. The molecule has 2 fully saturated rings. The minimum absolute atomic E-state index is 0.0197. The number of para-hydroxylation sites is 1. The summed E-state index contributed by atoms with van der Waals surface area (Å²) in [7, 11) is 0. The predicted octanol–water partition coefficient (Wildman–Crippen LogP) is 4.82. The smallest absolute Gasteiger partial charge is 0.216 e. The van der Waals surface area contributed by atoms with Crippen LogP contribution >= 0.6 is 0 Å². The van der Waals surface area contributed by atoms with Gasteiger partial charge in [0.05, 0.1) is 12.2 Å². The number of rotatable bonds is 5. The molecule has 2 saturated heterocycles. The molecule has 3 heterocycles. The van der Waals surface area contributed by atoms with Gasteiger partial charge in [0, 0.05) is 13.0 Å². The van der Waals surface area contributed by atoms with Crippen LogP contribution in [0.5, 0.6) is 11.5 Å². The van der Waals surface area contributed by atoms with Crippen molar-refractivity contribution < 1.29 is 28.5 Å². The fourth-order valence-corrected chi connectivity index (χ4v) is 4.38. The van der Waals surface area contributed by atoms with E-state index in [9.17, 15) is 4.79 Å². The largest absolute Gasteiger partial charge is 0.465 e. The molecule has 4 atom stereocenters. The van der Waals surface area contributed by atoms with Crippen molar-refractivity contribution in [2.24, 2.45) is 0 Å². The molecule has 0 amide bonds. The molecular formula is C25H28O6. The van der Waals surface area contributed by atoms with E-state index in [1.165, 1.54) is 0 Å². The topological polar surface area (TPSA) is 63.2 Å². The highest BCUT2D eigenvalue weighted by Gasteiger charge is 2.41. The summed E-state index contributed by atoms with van der Waals surface area (Å²) in [6, 6.07) is 14.9. The summed E-state index contributed by atoms with van der Waals surface area (Å²) >= 11 is 0. The van der Waals surface area contributed by atoms with Crippen molar-refractivity contribution in [1.29, 1.82) is 0 Å². The van der Waals surface area contributed by atoms with Gasteiger partial charge in [-0.15, -0.1) is 0 Å². The third-order valence-electron chi connectivity index (χ3n) is 6.00. The molecule has 2 aromatic rings. The zero-order valence-electron chi connectivity index (χ0n) is 17.5. The van der Waals surface area contributed by atoms with Crippen LogP contribution < -0.4 is 9.47 Å². The summed E-state index contributed by atoms with van der Waals surface area (Å²) in [5, 5.41) is 0. The zero-order valence-corrected chi connectivity index (χ0v) is 17.5. The molecule has 164 valence electrons. The second kappa shape index (κ2) is 9.39. The van der Waals surface area contributed by atoms with Crippen molar-refractivity contribution in [3.63, 3.8) is 0 Å². The third-order valence-corrected chi connectivity index (χ3v) is 6.00. The lowest BCUT2D eigenvalue weighted by Crippen LogP contribution is -2.41. The first-order valence-electron chi connectivity index (χ1n) is 11.2. The highest BCUT2D eigenvalue weighted by molar-refractivity contribution is 6.04. The van der Waals surface area contributed by atoms with Crippen LogP contribution in [-0.4, -0.2) is 37.9 Å². The van der Waals surface area contributed by atoms with E-state index in [0.717, 1.165) is 44.1 Å². The molecule has 3 aliphatic rings. The van der Waals surface area contributed by atoms with Crippen molar-refractivity contribution in [1.82, 2.24) is 0 Å². The monoisotopic (exact) mass is 424 g/mol. The Labute approximate surface area is 182 Å². The summed E-state index contributed by atoms with van der Waals surface area (Å²) < 4.78 is 29.9. The molecule has 0 aliphatic carbocycles. The van der Waals surface area contributed by atoms with Crippen LogP contribution in [0.1, 0.15) is 60.4 Å². The third kappa shape index (κ3) is 4.61. The number of ether oxygens (including phenoxy) is 5. The quantitative estimate of drug-likeness (QED) is 0.686. The van der Waals surface area contributed by atoms with E-state index in [1.807, 2.05) is 42.5 Å². The molecule has 6 nitrogen and oxygen atoms in total. The van der Waals surface area contributed by atoms with Crippen molar-refractivity contribution in [2.45, 2.75) is 63.3 Å². The summed E-state index contributed by atoms with van der Waals surface area (Å²) in [5.41, 5.74) is 1.37. The van der Waals surface area contributed by atoms with E-state index in [2.05, 4.69) is 0 Å². The minimum Gasteiger partial charge on any atom is -0.465 e. The van der Waals surface area contributed by atoms with Gasteiger partial charge >= 0.3 is 0 Å². The van der Waals surface area contributed by atoms with Gasteiger partial charge in [0.2, 0.25) is 6.29 Å². The van der Waals surface area contributed by atoms with Gasteiger partial charge in [-0.25, -0.2) is 0 Å². The molecule has 6 heteroatoms. The number of ketones is 1. The number of hydrogen-bond acceptors (Lipinski definition) is 6. The van der Waals surface area contributed by atoms with Gasteiger partial charge in [-0.05, 0) is 61.9 Å². The molecule has 0 saturated carbocycles. The molecule has 5 rings (SSSR count).